The molecule has 0 fully saturated rings. The van der Waals surface area contributed by atoms with E-state index >= 15 is 0 Å². The van der Waals surface area contributed by atoms with Crippen molar-refractivity contribution in [2.75, 3.05) is 26.2 Å². The number of amides is 1. The number of benzene rings is 2. The van der Waals surface area contributed by atoms with Crippen molar-refractivity contribution in [1.29, 1.82) is 5.26 Å². The molecule has 1 amide bonds. The molecule has 0 saturated carbocycles. The molecule has 174 valence electrons. The second-order valence-corrected chi connectivity index (χ2v) is 7.49. The van der Waals surface area contributed by atoms with E-state index in [1.165, 1.54) is 30.1 Å². The van der Waals surface area contributed by atoms with Crippen molar-refractivity contribution < 1.29 is 23.9 Å². The van der Waals surface area contributed by atoms with Crippen molar-refractivity contribution in [2.24, 2.45) is 5.73 Å². The number of nitrogens with two attached hydrogens (primary N) is 1. The molecule has 0 spiro atoms. The average Bonchev–Trinajstić information content (AvgIpc) is 2.87. The van der Waals surface area contributed by atoms with Gasteiger partial charge in [0.25, 0.3) is 5.91 Å². The molecule has 0 saturated heterocycles. The molecular formula is C24H21ClN4O5. The van der Waals surface area contributed by atoms with E-state index in [9.17, 15) is 19.6 Å². The number of carbonyl (C=O) groups is 3. The molecule has 1 heterocycles. The van der Waals surface area contributed by atoms with E-state index < -0.39 is 23.8 Å². The fourth-order valence-corrected chi connectivity index (χ4v) is 3.95. The van der Waals surface area contributed by atoms with Crippen LogP contribution in [-0.4, -0.2) is 39.1 Å². The molecule has 1 aliphatic rings. The number of carbonyl (C=O) groups excluding carboxylic acids is 3. The third-order valence-electron chi connectivity index (χ3n) is 5.29. The minimum absolute atomic E-state index is 0.00990. The Morgan fingerprint density at radius 3 is 2.29 bits per heavy atom. The second kappa shape index (κ2) is 10.1. The van der Waals surface area contributed by atoms with Gasteiger partial charge in [-0.25, -0.2) is 9.59 Å². The highest BCUT2D eigenvalue weighted by Gasteiger charge is 2.43. The van der Waals surface area contributed by atoms with Crippen LogP contribution in [0.4, 0.5) is 5.69 Å². The molecule has 0 radical (unpaired) electrons. The quantitative estimate of drug-likeness (QED) is 0.623. The predicted octanol–water partition coefficient (Wildman–Crippen LogP) is 2.60. The topological polar surface area (TPSA) is 135 Å². The van der Waals surface area contributed by atoms with Crippen molar-refractivity contribution >= 4 is 35.1 Å². The molecule has 3 rings (SSSR count). The lowest BCUT2D eigenvalue weighted by molar-refractivity contribution is -0.139. The molecule has 34 heavy (non-hydrogen) atoms. The first-order valence-electron chi connectivity index (χ1n) is 9.97. The summed E-state index contributed by atoms with van der Waals surface area (Å²) in [6, 6.07) is 15.0. The van der Waals surface area contributed by atoms with Crippen LogP contribution in [0.1, 0.15) is 21.8 Å². The van der Waals surface area contributed by atoms with Crippen molar-refractivity contribution in [3.63, 3.8) is 0 Å². The Morgan fingerprint density at radius 2 is 1.74 bits per heavy atom. The first-order valence-corrected chi connectivity index (χ1v) is 10.4. The Balaban J connectivity index is 2.41. The van der Waals surface area contributed by atoms with E-state index in [-0.39, 0.29) is 38.9 Å². The smallest absolute Gasteiger partial charge is 0.355 e. The van der Waals surface area contributed by atoms with Gasteiger partial charge in [-0.05, 0) is 23.8 Å². The molecule has 0 aromatic heterocycles. The zero-order valence-electron chi connectivity index (χ0n) is 18.6. The SMILES string of the molecule is CNC(=O)c1cc(N2C(N)=C(C#N)C(c3ccccc3)C(C(=O)OC)=C2C(=O)OC)ccc1Cl. The fraction of sp³-hybridized carbons (Fsp3) is 0.167. The largest absolute Gasteiger partial charge is 0.466 e. The van der Waals surface area contributed by atoms with Gasteiger partial charge in [0.15, 0.2) is 0 Å². The van der Waals surface area contributed by atoms with Gasteiger partial charge in [-0.1, -0.05) is 41.9 Å². The Hall–Kier alpha value is -4.29. The van der Waals surface area contributed by atoms with Gasteiger partial charge in [0, 0.05) is 12.7 Å². The normalized spacial score (nSPS) is 15.5. The van der Waals surface area contributed by atoms with Gasteiger partial charge in [-0.15, -0.1) is 0 Å². The maximum atomic E-state index is 13.0. The number of ether oxygens (including phenoxy) is 2. The highest BCUT2D eigenvalue weighted by Crippen LogP contribution is 2.43. The van der Waals surface area contributed by atoms with E-state index in [0.29, 0.717) is 5.56 Å². The third kappa shape index (κ3) is 4.19. The highest BCUT2D eigenvalue weighted by atomic mass is 35.5. The summed E-state index contributed by atoms with van der Waals surface area (Å²) in [6.07, 6.45) is 0. The van der Waals surface area contributed by atoms with E-state index in [1.807, 2.05) is 0 Å². The van der Waals surface area contributed by atoms with Crippen LogP contribution in [0.3, 0.4) is 0 Å². The van der Waals surface area contributed by atoms with Crippen LogP contribution in [0.5, 0.6) is 0 Å². The van der Waals surface area contributed by atoms with Gasteiger partial charge >= 0.3 is 11.9 Å². The number of hydrogen-bond donors (Lipinski definition) is 2. The Bertz CT molecular complexity index is 1260. The van der Waals surface area contributed by atoms with Crippen LogP contribution >= 0.6 is 11.6 Å². The zero-order chi connectivity index (χ0) is 25.0. The van der Waals surface area contributed by atoms with Gasteiger partial charge < -0.3 is 20.5 Å². The summed E-state index contributed by atoms with van der Waals surface area (Å²) in [5.41, 5.74) is 6.92. The Labute approximate surface area is 201 Å². The van der Waals surface area contributed by atoms with Crippen molar-refractivity contribution in [1.82, 2.24) is 5.32 Å². The number of halogens is 1. The predicted molar refractivity (Wildman–Crippen MR) is 124 cm³/mol. The molecule has 2 aromatic rings. The van der Waals surface area contributed by atoms with Gasteiger partial charge in [0.2, 0.25) is 0 Å². The molecule has 0 bridgehead atoms. The van der Waals surface area contributed by atoms with E-state index in [1.54, 1.807) is 30.3 Å². The molecule has 1 aliphatic heterocycles. The molecule has 3 N–H and O–H groups in total. The maximum absolute atomic E-state index is 13.0. The highest BCUT2D eigenvalue weighted by molar-refractivity contribution is 6.34. The number of allylic oxidation sites excluding steroid dienone is 1. The van der Waals surface area contributed by atoms with Crippen LogP contribution in [0.25, 0.3) is 0 Å². The first kappa shape index (κ1) is 24.4. The number of nitriles is 1. The number of nitrogens with zero attached hydrogens (tertiary/aromatic N) is 2. The van der Waals surface area contributed by atoms with Crippen LogP contribution < -0.4 is 16.0 Å². The summed E-state index contributed by atoms with van der Waals surface area (Å²) < 4.78 is 9.97. The molecule has 2 aromatic carbocycles. The van der Waals surface area contributed by atoms with Crippen molar-refractivity contribution in [3.05, 3.63) is 87.3 Å². The van der Waals surface area contributed by atoms with E-state index in [0.717, 1.165) is 14.2 Å². The maximum Gasteiger partial charge on any atom is 0.355 e. The zero-order valence-corrected chi connectivity index (χ0v) is 19.3. The van der Waals surface area contributed by atoms with Crippen LogP contribution in [0.15, 0.2) is 71.2 Å². The summed E-state index contributed by atoms with van der Waals surface area (Å²) in [5, 5.41) is 12.7. The number of hydrogen-bond acceptors (Lipinski definition) is 8. The summed E-state index contributed by atoms with van der Waals surface area (Å²) in [4.78, 5) is 39.6. The van der Waals surface area contributed by atoms with Gasteiger partial charge in [-0.3, -0.25) is 9.69 Å². The first-order chi connectivity index (χ1) is 16.3. The lowest BCUT2D eigenvalue weighted by Gasteiger charge is -2.36. The van der Waals surface area contributed by atoms with Crippen molar-refractivity contribution in [2.45, 2.75) is 5.92 Å². The Kier molecular flexibility index (Phi) is 7.24. The van der Waals surface area contributed by atoms with Crippen LogP contribution in [0, 0.1) is 11.3 Å². The van der Waals surface area contributed by atoms with Gasteiger partial charge in [0.1, 0.15) is 11.5 Å². The molecule has 1 atom stereocenters. The number of anilines is 1. The molecular weight excluding hydrogens is 460 g/mol. The van der Waals surface area contributed by atoms with E-state index in [4.69, 9.17) is 26.8 Å². The molecule has 0 aliphatic carbocycles. The minimum Gasteiger partial charge on any atom is -0.466 e. The molecule has 9 nitrogen and oxygen atoms in total. The minimum atomic E-state index is -0.991. The third-order valence-corrected chi connectivity index (χ3v) is 5.62. The standard InChI is InChI=1S/C24H21ClN4O5/c1-28-22(30)15-11-14(9-10-17(15)25)29-20(24(32)34-3)19(23(31)33-2)18(16(12-26)21(29)27)13-7-5-4-6-8-13/h4-11,18H,27H2,1-3H3,(H,28,30). The second-order valence-electron chi connectivity index (χ2n) is 7.08. The number of nitrogens with one attached hydrogen (secondary N) is 1. The number of methoxy groups -OCH3 is 2. The fourth-order valence-electron chi connectivity index (χ4n) is 3.74. The monoisotopic (exact) mass is 480 g/mol. The van der Waals surface area contributed by atoms with Gasteiger partial charge in [0.05, 0.1) is 47.9 Å². The van der Waals surface area contributed by atoms with Crippen molar-refractivity contribution in [3.8, 4) is 6.07 Å². The molecule has 10 heteroatoms. The molecule has 1 unspecified atom stereocenters. The summed E-state index contributed by atoms with van der Waals surface area (Å²) in [5.74, 6) is -3.33. The lowest BCUT2D eigenvalue weighted by atomic mass is 9.81. The Morgan fingerprint density at radius 1 is 1.09 bits per heavy atom. The lowest BCUT2D eigenvalue weighted by Crippen LogP contribution is -2.40. The summed E-state index contributed by atoms with van der Waals surface area (Å²) in [6.45, 7) is 0. The summed E-state index contributed by atoms with van der Waals surface area (Å²) >= 11 is 6.18. The number of esters is 2. The van der Waals surface area contributed by atoms with Crippen LogP contribution in [0.2, 0.25) is 5.02 Å². The van der Waals surface area contributed by atoms with Gasteiger partial charge in [-0.2, -0.15) is 5.26 Å². The number of rotatable bonds is 5. The summed E-state index contributed by atoms with van der Waals surface area (Å²) in [7, 11) is 3.75. The van der Waals surface area contributed by atoms with Crippen LogP contribution in [-0.2, 0) is 19.1 Å². The van der Waals surface area contributed by atoms with E-state index in [2.05, 4.69) is 11.4 Å². The average molecular weight is 481 g/mol.